The highest BCUT2D eigenvalue weighted by Crippen LogP contribution is 2.18. The van der Waals surface area contributed by atoms with Gasteiger partial charge in [0.2, 0.25) is 0 Å². The van der Waals surface area contributed by atoms with Crippen LogP contribution in [0.3, 0.4) is 0 Å². The highest BCUT2D eigenvalue weighted by Gasteiger charge is 2.04. The van der Waals surface area contributed by atoms with Gasteiger partial charge in [-0.3, -0.25) is 0 Å². The molecular weight excluding hydrogens is 150 g/mol. The van der Waals surface area contributed by atoms with E-state index in [1.807, 2.05) is 0 Å². The van der Waals surface area contributed by atoms with E-state index in [0.29, 0.717) is 5.56 Å². The summed E-state index contributed by atoms with van der Waals surface area (Å²) >= 11 is 5.62. The summed E-state index contributed by atoms with van der Waals surface area (Å²) in [6, 6.07) is 3.20. The number of nitrogens with zero attached hydrogens (tertiary/aromatic N) is 1. The molecule has 0 bridgehead atoms. The lowest BCUT2D eigenvalue weighted by atomic mass is 10.2. The molecule has 1 rings (SSSR count). The molecular formula is C7H8ClNO. The first kappa shape index (κ1) is 6.13. The van der Waals surface area contributed by atoms with Gasteiger partial charge in [-0.05, 0) is 13.0 Å². The summed E-state index contributed by atoms with van der Waals surface area (Å²) in [5, 5.41) is 9.39. The fraction of sp³-hybridized carbons (Fsp3) is 0.286. The van der Waals surface area contributed by atoms with Crippen molar-refractivity contribution in [3.05, 3.63) is 29.0 Å². The molecule has 1 N–H and O–H groups in total. The molecule has 2 nitrogen and oxygen atoms in total. The quantitative estimate of drug-likeness (QED) is 0.633. The highest BCUT2D eigenvalue weighted by atomic mass is 35.5. The van der Waals surface area contributed by atoms with Gasteiger partial charge in [0, 0.05) is 11.8 Å². The molecule has 0 radical (unpaired) electrons. The smallest absolute Gasteiger partial charge is 0.134 e. The third-order valence-electron chi connectivity index (χ3n) is 1.15. The lowest BCUT2D eigenvalue weighted by molar-refractivity contribution is 0.199. The lowest BCUT2D eigenvalue weighted by Gasteiger charge is -2.03. The average molecular weight is 159 g/mol. The van der Waals surface area contributed by atoms with Gasteiger partial charge < -0.3 is 5.11 Å². The summed E-state index contributed by atoms with van der Waals surface area (Å²) < 4.78 is 7.24. The summed E-state index contributed by atoms with van der Waals surface area (Å²) in [5.41, 5.74) is 0.321. The zero-order chi connectivity index (χ0) is 8.48. The summed E-state index contributed by atoms with van der Waals surface area (Å²) in [4.78, 5) is 3.73. The van der Waals surface area contributed by atoms with Gasteiger partial charge in [-0.2, -0.15) is 0 Å². The van der Waals surface area contributed by atoms with Crippen LogP contribution in [0.1, 0.15) is 19.9 Å². The van der Waals surface area contributed by atoms with Crippen LogP contribution in [0.2, 0.25) is 5.15 Å². The third kappa shape index (κ3) is 1.46. The highest BCUT2D eigenvalue weighted by molar-refractivity contribution is 6.30. The molecule has 54 valence electrons. The summed E-state index contributed by atoms with van der Waals surface area (Å²) in [7, 11) is 0. The summed E-state index contributed by atoms with van der Waals surface area (Å²) in [5.74, 6) is 0. The zero-order valence-electron chi connectivity index (χ0n) is 6.50. The average Bonchev–Trinajstić information content (AvgIpc) is 1.86. The summed E-state index contributed by atoms with van der Waals surface area (Å²) in [6.45, 7) is 1.34. The van der Waals surface area contributed by atoms with E-state index in [1.54, 1.807) is 12.1 Å². The van der Waals surface area contributed by atoms with Crippen molar-refractivity contribution in [1.29, 1.82) is 0 Å². The van der Waals surface area contributed by atoms with Crippen LogP contribution >= 0.6 is 11.6 Å². The fourth-order valence-corrected chi connectivity index (χ4v) is 0.912. The Balaban J connectivity index is 3.14. The Morgan fingerprint density at radius 2 is 2.60 bits per heavy atom. The van der Waals surface area contributed by atoms with Crippen LogP contribution in [-0.2, 0) is 0 Å². The van der Waals surface area contributed by atoms with Gasteiger partial charge >= 0.3 is 0 Å². The second kappa shape index (κ2) is 2.99. The fourth-order valence-electron chi connectivity index (χ4n) is 0.656. The molecule has 1 aromatic heterocycles. The van der Waals surface area contributed by atoms with Gasteiger partial charge in [0.1, 0.15) is 5.15 Å². The monoisotopic (exact) mass is 158 g/mol. The molecule has 0 saturated carbocycles. The van der Waals surface area contributed by atoms with Crippen molar-refractivity contribution in [3.63, 3.8) is 0 Å². The molecule has 1 heterocycles. The molecule has 0 aromatic carbocycles. The zero-order valence-corrected chi connectivity index (χ0v) is 6.26. The van der Waals surface area contributed by atoms with Gasteiger partial charge in [-0.25, -0.2) is 4.98 Å². The molecule has 1 atom stereocenters. The number of pyridine rings is 1. The van der Waals surface area contributed by atoms with E-state index in [-0.39, 0.29) is 5.15 Å². The Morgan fingerprint density at radius 3 is 3.00 bits per heavy atom. The van der Waals surface area contributed by atoms with Crippen molar-refractivity contribution in [2.24, 2.45) is 0 Å². The van der Waals surface area contributed by atoms with E-state index in [1.165, 1.54) is 13.1 Å². The number of hydrogen-bond donors (Lipinski definition) is 1. The van der Waals surface area contributed by atoms with Crippen LogP contribution in [-0.4, -0.2) is 10.1 Å². The molecule has 0 aliphatic carbocycles. The maximum atomic E-state index is 9.21. The van der Waals surface area contributed by atoms with Gasteiger partial charge in [-0.15, -0.1) is 0 Å². The first-order valence-electron chi connectivity index (χ1n) is 3.35. The van der Waals surface area contributed by atoms with Gasteiger partial charge in [0.25, 0.3) is 0 Å². The summed E-state index contributed by atoms with van der Waals surface area (Å²) in [6.07, 6.45) is -0.150. The predicted molar refractivity (Wildman–Crippen MR) is 39.9 cm³/mol. The Hall–Kier alpha value is -0.600. The molecule has 1 unspecified atom stereocenters. The Morgan fingerprint density at radius 1 is 1.90 bits per heavy atom. The maximum absolute atomic E-state index is 9.21. The minimum absolute atomic E-state index is 0.174. The van der Waals surface area contributed by atoms with E-state index in [2.05, 4.69) is 4.98 Å². The molecule has 10 heavy (non-hydrogen) atoms. The van der Waals surface area contributed by atoms with Crippen molar-refractivity contribution in [2.45, 2.75) is 13.0 Å². The molecule has 0 amide bonds. The van der Waals surface area contributed by atoms with Gasteiger partial charge in [0.05, 0.1) is 7.45 Å². The van der Waals surface area contributed by atoms with Crippen LogP contribution in [0, 0.1) is 0 Å². The second-order valence-electron chi connectivity index (χ2n) is 1.93. The number of rotatable bonds is 1. The minimum atomic E-state index is -1.66. The van der Waals surface area contributed by atoms with E-state index in [0.717, 1.165) is 0 Å². The van der Waals surface area contributed by atoms with Crippen molar-refractivity contribution in [1.82, 2.24) is 4.98 Å². The van der Waals surface area contributed by atoms with Crippen molar-refractivity contribution < 1.29 is 6.48 Å². The minimum Gasteiger partial charge on any atom is -0.389 e. The number of aliphatic hydroxyl groups is 1. The van der Waals surface area contributed by atoms with Crippen LogP contribution in [0.5, 0.6) is 0 Å². The standard InChI is InChI=1S/C7H8ClNO/c1-5(10)6-3-2-4-9-7(6)8/h2-5,10H,1H3/i5D. The Bertz CT molecular complexity index is 259. The molecule has 0 spiro atoms. The lowest BCUT2D eigenvalue weighted by Crippen LogP contribution is -1.92. The number of halogens is 1. The number of hydrogen-bond acceptors (Lipinski definition) is 2. The van der Waals surface area contributed by atoms with Crippen molar-refractivity contribution in [3.8, 4) is 0 Å². The van der Waals surface area contributed by atoms with E-state index in [4.69, 9.17) is 13.0 Å². The molecule has 0 saturated heterocycles. The molecule has 0 fully saturated rings. The molecule has 3 heteroatoms. The van der Waals surface area contributed by atoms with E-state index < -0.39 is 6.08 Å². The Kier molecular flexibility index (Phi) is 1.83. The van der Waals surface area contributed by atoms with E-state index in [9.17, 15) is 5.11 Å². The van der Waals surface area contributed by atoms with Crippen molar-refractivity contribution in [2.75, 3.05) is 0 Å². The van der Waals surface area contributed by atoms with Crippen LogP contribution in [0.15, 0.2) is 18.3 Å². The SMILES string of the molecule is [2H]C(C)(O)c1cccnc1Cl. The molecule has 0 aliphatic heterocycles. The maximum Gasteiger partial charge on any atom is 0.134 e. The van der Waals surface area contributed by atoms with E-state index >= 15 is 0 Å². The molecule has 1 aromatic rings. The van der Waals surface area contributed by atoms with Gasteiger partial charge in [-0.1, -0.05) is 17.7 Å². The van der Waals surface area contributed by atoms with Crippen LogP contribution < -0.4 is 0 Å². The normalized spacial score (nSPS) is 17.7. The first-order valence-corrected chi connectivity index (χ1v) is 3.23. The second-order valence-corrected chi connectivity index (χ2v) is 2.29. The van der Waals surface area contributed by atoms with Gasteiger partial charge in [0.15, 0.2) is 0 Å². The largest absolute Gasteiger partial charge is 0.389 e. The van der Waals surface area contributed by atoms with Crippen LogP contribution in [0.25, 0.3) is 0 Å². The third-order valence-corrected chi connectivity index (χ3v) is 1.45. The molecule has 0 aliphatic rings. The Labute approximate surface area is 65.9 Å². The van der Waals surface area contributed by atoms with Crippen molar-refractivity contribution >= 4 is 11.6 Å². The number of aromatic nitrogens is 1. The topological polar surface area (TPSA) is 33.1 Å². The first-order chi connectivity index (χ1) is 5.02. The van der Waals surface area contributed by atoms with Crippen LogP contribution in [0.4, 0.5) is 0 Å². The predicted octanol–water partition coefficient (Wildman–Crippen LogP) is 1.79.